The smallest absolute Gasteiger partial charge is 0.218 e. The molecule has 2 heterocycles. The minimum absolute atomic E-state index is 0.516. The van der Waals surface area contributed by atoms with E-state index in [1.807, 2.05) is 6.07 Å². The third-order valence-corrected chi connectivity index (χ3v) is 5.53. The number of anilines is 1. The van der Waals surface area contributed by atoms with Crippen LogP contribution < -0.4 is 9.64 Å². The predicted octanol–water partition coefficient (Wildman–Crippen LogP) is 3.49. The molecule has 5 nitrogen and oxygen atoms in total. The summed E-state index contributed by atoms with van der Waals surface area (Å²) in [5, 5.41) is 0. The molecule has 6 heteroatoms. The van der Waals surface area contributed by atoms with Crippen molar-refractivity contribution in [2.24, 2.45) is 0 Å². The molecule has 2 fully saturated rings. The van der Waals surface area contributed by atoms with Gasteiger partial charge in [-0.15, -0.1) is 0 Å². The first-order valence-corrected chi connectivity index (χ1v) is 9.63. The van der Waals surface area contributed by atoms with Gasteiger partial charge in [0.15, 0.2) is 0 Å². The number of aromatic nitrogens is 2. The highest BCUT2D eigenvalue weighted by Gasteiger charge is 2.38. The number of hydrogen-bond donors (Lipinski definition) is 0. The minimum atomic E-state index is 0.516. The lowest BCUT2D eigenvalue weighted by molar-refractivity contribution is 0.324. The van der Waals surface area contributed by atoms with E-state index < -0.39 is 0 Å². The van der Waals surface area contributed by atoms with Crippen LogP contribution >= 0.6 is 15.9 Å². The van der Waals surface area contributed by atoms with E-state index in [4.69, 9.17) is 4.74 Å². The molecule has 1 saturated heterocycles. The number of benzene rings is 1. The van der Waals surface area contributed by atoms with Crippen LogP contribution in [0.1, 0.15) is 24.8 Å². The summed E-state index contributed by atoms with van der Waals surface area (Å²) in [5.41, 5.74) is 1.37. The SMILES string of the molecule is COc1cc(N(C2CC2)C2CCN(Cc3ccc(Br)cc3)C2)ncn1. The topological polar surface area (TPSA) is 41.5 Å². The van der Waals surface area contributed by atoms with E-state index in [0.29, 0.717) is 18.0 Å². The second-order valence-electron chi connectivity index (χ2n) is 6.86. The Morgan fingerprint density at radius 3 is 2.68 bits per heavy atom. The molecule has 1 atom stereocenters. The Labute approximate surface area is 157 Å². The maximum absolute atomic E-state index is 5.29. The molecule has 132 valence electrons. The van der Waals surface area contributed by atoms with Gasteiger partial charge in [0.05, 0.1) is 7.11 Å². The minimum Gasteiger partial charge on any atom is -0.481 e. The van der Waals surface area contributed by atoms with Gasteiger partial charge in [-0.1, -0.05) is 28.1 Å². The molecule has 0 bridgehead atoms. The van der Waals surface area contributed by atoms with Crippen LogP contribution in [0.5, 0.6) is 5.88 Å². The molecule has 1 aromatic carbocycles. The highest BCUT2D eigenvalue weighted by molar-refractivity contribution is 9.10. The molecular weight excluding hydrogens is 380 g/mol. The Morgan fingerprint density at radius 2 is 1.96 bits per heavy atom. The lowest BCUT2D eigenvalue weighted by atomic mass is 10.2. The van der Waals surface area contributed by atoms with Crippen molar-refractivity contribution in [3.05, 3.63) is 46.7 Å². The molecule has 1 aliphatic heterocycles. The average Bonchev–Trinajstić information content (AvgIpc) is 3.36. The molecule has 1 saturated carbocycles. The number of likely N-dealkylation sites (tertiary alicyclic amines) is 1. The Hall–Kier alpha value is -1.66. The van der Waals surface area contributed by atoms with E-state index in [2.05, 4.69) is 60.0 Å². The molecular formula is C19H23BrN4O. The van der Waals surface area contributed by atoms with Crippen LogP contribution in [0.3, 0.4) is 0 Å². The van der Waals surface area contributed by atoms with Crippen molar-refractivity contribution in [1.82, 2.24) is 14.9 Å². The van der Waals surface area contributed by atoms with Gasteiger partial charge in [0.1, 0.15) is 12.1 Å². The van der Waals surface area contributed by atoms with E-state index in [1.165, 1.54) is 24.8 Å². The first kappa shape index (κ1) is 16.8. The van der Waals surface area contributed by atoms with Gasteiger partial charge in [0.2, 0.25) is 5.88 Å². The summed E-state index contributed by atoms with van der Waals surface area (Å²) in [6, 6.07) is 11.7. The second-order valence-corrected chi connectivity index (χ2v) is 7.78. The summed E-state index contributed by atoms with van der Waals surface area (Å²) < 4.78 is 6.42. The van der Waals surface area contributed by atoms with Crippen LogP contribution in [0.25, 0.3) is 0 Å². The van der Waals surface area contributed by atoms with Gasteiger partial charge >= 0.3 is 0 Å². The molecule has 0 amide bonds. The fraction of sp³-hybridized carbons (Fsp3) is 0.474. The quantitative estimate of drug-likeness (QED) is 0.739. The van der Waals surface area contributed by atoms with E-state index in [9.17, 15) is 0 Å². The summed E-state index contributed by atoms with van der Waals surface area (Å²) in [6.07, 6.45) is 5.31. The number of nitrogens with zero attached hydrogens (tertiary/aromatic N) is 4. The van der Waals surface area contributed by atoms with Crippen LogP contribution in [-0.2, 0) is 6.54 Å². The van der Waals surface area contributed by atoms with Gasteiger partial charge in [-0.3, -0.25) is 4.90 Å². The second kappa shape index (κ2) is 7.30. The van der Waals surface area contributed by atoms with Gasteiger partial charge in [-0.05, 0) is 37.0 Å². The van der Waals surface area contributed by atoms with E-state index in [-0.39, 0.29) is 0 Å². The molecule has 4 rings (SSSR count). The van der Waals surface area contributed by atoms with Gasteiger partial charge < -0.3 is 9.64 Å². The van der Waals surface area contributed by atoms with Crippen molar-refractivity contribution in [2.75, 3.05) is 25.1 Å². The number of methoxy groups -OCH3 is 1. The Morgan fingerprint density at radius 1 is 1.16 bits per heavy atom. The maximum Gasteiger partial charge on any atom is 0.218 e. The van der Waals surface area contributed by atoms with Crippen molar-refractivity contribution in [3.63, 3.8) is 0 Å². The number of hydrogen-bond acceptors (Lipinski definition) is 5. The van der Waals surface area contributed by atoms with Crippen LogP contribution in [0.15, 0.2) is 41.1 Å². The Kier molecular flexibility index (Phi) is 4.90. The van der Waals surface area contributed by atoms with Crippen molar-refractivity contribution in [3.8, 4) is 5.88 Å². The molecule has 0 radical (unpaired) electrons. The van der Waals surface area contributed by atoms with E-state index >= 15 is 0 Å². The van der Waals surface area contributed by atoms with Crippen molar-refractivity contribution >= 4 is 21.7 Å². The molecule has 25 heavy (non-hydrogen) atoms. The normalized spacial score (nSPS) is 20.6. The Bertz CT molecular complexity index is 720. The summed E-state index contributed by atoms with van der Waals surface area (Å²) in [6.45, 7) is 3.22. The standard InChI is InChI=1S/C19H23BrN4O/c1-25-19-10-18(21-13-22-19)24(16-6-7-16)17-8-9-23(12-17)11-14-2-4-15(20)5-3-14/h2-5,10,13,16-17H,6-9,11-12H2,1H3. The van der Waals surface area contributed by atoms with E-state index in [1.54, 1.807) is 13.4 Å². The fourth-order valence-corrected chi connectivity index (χ4v) is 3.90. The maximum atomic E-state index is 5.29. The zero-order valence-electron chi connectivity index (χ0n) is 14.4. The average molecular weight is 403 g/mol. The van der Waals surface area contributed by atoms with Crippen LogP contribution in [0, 0.1) is 0 Å². The summed E-state index contributed by atoms with van der Waals surface area (Å²) in [4.78, 5) is 13.7. The van der Waals surface area contributed by atoms with Gasteiger partial charge in [0.25, 0.3) is 0 Å². The molecule has 2 aliphatic rings. The van der Waals surface area contributed by atoms with Crippen molar-refractivity contribution in [2.45, 2.75) is 37.9 Å². The zero-order valence-corrected chi connectivity index (χ0v) is 16.0. The van der Waals surface area contributed by atoms with Gasteiger partial charge in [-0.25, -0.2) is 9.97 Å². The predicted molar refractivity (Wildman–Crippen MR) is 102 cm³/mol. The molecule has 1 aromatic heterocycles. The van der Waals surface area contributed by atoms with Crippen molar-refractivity contribution < 1.29 is 4.74 Å². The van der Waals surface area contributed by atoms with Gasteiger partial charge in [-0.2, -0.15) is 0 Å². The monoisotopic (exact) mass is 402 g/mol. The summed E-state index contributed by atoms with van der Waals surface area (Å²) in [5.74, 6) is 1.64. The number of ether oxygens (including phenoxy) is 1. The number of rotatable bonds is 6. The highest BCUT2D eigenvalue weighted by Crippen LogP contribution is 2.35. The molecule has 1 unspecified atom stereocenters. The lowest BCUT2D eigenvalue weighted by Crippen LogP contribution is -2.39. The first-order valence-electron chi connectivity index (χ1n) is 8.84. The third kappa shape index (κ3) is 3.96. The van der Waals surface area contributed by atoms with E-state index in [0.717, 1.165) is 29.9 Å². The first-order chi connectivity index (χ1) is 12.2. The highest BCUT2D eigenvalue weighted by atomic mass is 79.9. The molecule has 0 N–H and O–H groups in total. The zero-order chi connectivity index (χ0) is 17.2. The summed E-state index contributed by atoms with van der Waals surface area (Å²) >= 11 is 3.50. The van der Waals surface area contributed by atoms with Crippen molar-refractivity contribution in [1.29, 1.82) is 0 Å². The largest absolute Gasteiger partial charge is 0.481 e. The third-order valence-electron chi connectivity index (χ3n) is 5.00. The van der Waals surface area contributed by atoms with Gasteiger partial charge in [0, 0.05) is 42.3 Å². The van der Waals surface area contributed by atoms with Crippen LogP contribution in [0.4, 0.5) is 5.82 Å². The van der Waals surface area contributed by atoms with Crippen LogP contribution in [-0.4, -0.2) is 47.2 Å². The lowest BCUT2D eigenvalue weighted by Gasteiger charge is -2.30. The van der Waals surface area contributed by atoms with Crippen LogP contribution in [0.2, 0.25) is 0 Å². The molecule has 0 spiro atoms. The molecule has 2 aromatic rings. The fourth-order valence-electron chi connectivity index (χ4n) is 3.64. The Balaban J connectivity index is 1.45. The number of halogens is 1. The molecule has 1 aliphatic carbocycles. The summed E-state index contributed by atoms with van der Waals surface area (Å²) in [7, 11) is 1.66.